The van der Waals surface area contributed by atoms with E-state index >= 15 is 0 Å². The summed E-state index contributed by atoms with van der Waals surface area (Å²) in [6.45, 7) is 5.28. The van der Waals surface area contributed by atoms with Crippen molar-refractivity contribution in [3.05, 3.63) is 62.2 Å². The minimum atomic E-state index is -1.90. The fourth-order valence-electron chi connectivity index (χ4n) is 5.65. The van der Waals surface area contributed by atoms with Crippen molar-refractivity contribution in [1.29, 1.82) is 0 Å². The van der Waals surface area contributed by atoms with Crippen molar-refractivity contribution in [3.63, 3.8) is 0 Å². The predicted octanol–water partition coefficient (Wildman–Crippen LogP) is 2.09. The van der Waals surface area contributed by atoms with Crippen LogP contribution in [0.15, 0.2) is 23.0 Å². The highest BCUT2D eigenvalue weighted by molar-refractivity contribution is 5.89. The van der Waals surface area contributed by atoms with Gasteiger partial charge in [-0.3, -0.25) is 9.69 Å². The van der Waals surface area contributed by atoms with E-state index in [1.807, 2.05) is 0 Å². The number of halogens is 1. The Morgan fingerprint density at radius 3 is 2.77 bits per heavy atom. The van der Waals surface area contributed by atoms with Gasteiger partial charge >= 0.3 is 5.97 Å². The van der Waals surface area contributed by atoms with Crippen LogP contribution in [0.2, 0.25) is 0 Å². The van der Waals surface area contributed by atoms with Gasteiger partial charge in [-0.1, -0.05) is 6.92 Å². The zero-order valence-electron chi connectivity index (χ0n) is 19.6. The molecule has 0 aliphatic carbocycles. The number of rotatable bonds is 3. The normalized spacial score (nSPS) is 23.3. The molecule has 9 heteroatoms. The summed E-state index contributed by atoms with van der Waals surface area (Å²) in [5, 5.41) is 22.0. The van der Waals surface area contributed by atoms with Crippen LogP contribution in [0.25, 0.3) is 22.3 Å². The number of carbonyl (C=O) groups excluding carboxylic acids is 1. The lowest BCUT2D eigenvalue weighted by Crippen LogP contribution is -2.44. The molecule has 1 fully saturated rings. The molecule has 8 nitrogen and oxygen atoms in total. The number of β-amino-alcohol motifs (C(OH)–C–C–N with tert-alkyl or cyclic N) is 1. The fourth-order valence-corrected chi connectivity index (χ4v) is 5.65. The number of cyclic esters (lactones) is 1. The van der Waals surface area contributed by atoms with E-state index in [0.29, 0.717) is 42.0 Å². The maximum atomic E-state index is 14.5. The summed E-state index contributed by atoms with van der Waals surface area (Å²) in [6, 6.07) is 4.87. The third-order valence-corrected chi connectivity index (χ3v) is 7.72. The highest BCUT2D eigenvalue weighted by atomic mass is 19.1. The van der Waals surface area contributed by atoms with E-state index < -0.39 is 11.6 Å². The standard InChI is InChI=1S/C26H26FN3O5/c1-3-26(34)19-7-22-23-17(11-30(22)24(32)18(19)12-35-25(26)33)16(10-29-5-4-14(31)9-29)15-6-13(2)20(27)8-21(15)28-23/h6-8,14,31,34H,3-5,9-12H2,1-2H3/t14?,26-/m0/s1. The number of ether oxygens (including phenoxy) is 1. The second-order valence-electron chi connectivity index (χ2n) is 9.82. The molecule has 0 bridgehead atoms. The van der Waals surface area contributed by atoms with Gasteiger partial charge in [0.1, 0.15) is 12.4 Å². The molecule has 0 saturated carbocycles. The third kappa shape index (κ3) is 3.18. The highest BCUT2D eigenvalue weighted by Crippen LogP contribution is 2.41. The molecule has 6 rings (SSSR count). The van der Waals surface area contributed by atoms with Gasteiger partial charge in [0.25, 0.3) is 5.56 Å². The van der Waals surface area contributed by atoms with Crippen LogP contribution in [0.3, 0.4) is 0 Å². The highest BCUT2D eigenvalue weighted by Gasteiger charge is 2.45. The number of fused-ring (bicyclic) bond motifs is 5. The van der Waals surface area contributed by atoms with Crippen LogP contribution in [0, 0.1) is 12.7 Å². The van der Waals surface area contributed by atoms with E-state index in [1.165, 1.54) is 6.07 Å². The van der Waals surface area contributed by atoms with E-state index in [2.05, 4.69) is 4.90 Å². The van der Waals surface area contributed by atoms with E-state index in [0.717, 1.165) is 23.1 Å². The van der Waals surface area contributed by atoms with E-state index in [1.54, 1.807) is 30.5 Å². The minimum absolute atomic E-state index is 0.0623. The molecule has 3 aromatic rings. The van der Waals surface area contributed by atoms with E-state index in [4.69, 9.17) is 9.72 Å². The number of hydrogen-bond donors (Lipinski definition) is 2. The third-order valence-electron chi connectivity index (χ3n) is 7.72. The van der Waals surface area contributed by atoms with Crippen LogP contribution in [0.4, 0.5) is 4.39 Å². The number of pyridine rings is 2. The Morgan fingerprint density at radius 2 is 2.06 bits per heavy atom. The molecule has 2 N–H and O–H groups in total. The number of aliphatic hydroxyl groups is 2. The van der Waals surface area contributed by atoms with Gasteiger partial charge in [0.15, 0.2) is 5.60 Å². The Kier molecular flexibility index (Phi) is 4.90. The van der Waals surface area contributed by atoms with Crippen molar-refractivity contribution in [3.8, 4) is 11.4 Å². The molecule has 0 amide bonds. The Morgan fingerprint density at radius 1 is 1.26 bits per heavy atom. The molecule has 3 aliphatic rings. The lowest BCUT2D eigenvalue weighted by molar-refractivity contribution is -0.172. The average molecular weight is 480 g/mol. The summed E-state index contributed by atoms with van der Waals surface area (Å²) in [6.07, 6.45) is 0.368. The first kappa shape index (κ1) is 22.3. The van der Waals surface area contributed by atoms with Crippen molar-refractivity contribution >= 4 is 16.9 Å². The van der Waals surface area contributed by atoms with Gasteiger partial charge in [0.05, 0.1) is 35.1 Å². The molecule has 1 saturated heterocycles. The van der Waals surface area contributed by atoms with E-state index in [9.17, 15) is 24.2 Å². The van der Waals surface area contributed by atoms with Crippen molar-refractivity contribution in [2.45, 2.75) is 58.1 Å². The van der Waals surface area contributed by atoms with Crippen molar-refractivity contribution in [2.24, 2.45) is 0 Å². The zero-order valence-corrected chi connectivity index (χ0v) is 19.6. The summed E-state index contributed by atoms with van der Waals surface area (Å²) < 4.78 is 21.3. The average Bonchev–Trinajstić information content (AvgIpc) is 3.41. The quantitative estimate of drug-likeness (QED) is 0.434. The number of esters is 1. The lowest BCUT2D eigenvalue weighted by Gasteiger charge is -2.31. The molecule has 2 aromatic heterocycles. The van der Waals surface area contributed by atoms with Gasteiger partial charge in [-0.15, -0.1) is 0 Å². The molecule has 1 unspecified atom stereocenters. The summed E-state index contributed by atoms with van der Waals surface area (Å²) in [5.74, 6) is -1.14. The van der Waals surface area contributed by atoms with Crippen molar-refractivity contribution in [2.75, 3.05) is 13.1 Å². The Balaban J connectivity index is 1.60. The van der Waals surface area contributed by atoms with E-state index in [-0.39, 0.29) is 48.2 Å². The fraction of sp³-hybridized carbons (Fsp3) is 0.423. The van der Waals surface area contributed by atoms with Crippen LogP contribution >= 0.6 is 0 Å². The SMILES string of the molecule is CC[C@@]1(O)C(=O)OCc2c1cc1n(c2=O)Cc2c-1nc1cc(F)c(C)cc1c2CN1CCC(O)C1. The summed E-state index contributed by atoms with van der Waals surface area (Å²) in [4.78, 5) is 32.9. The molecule has 0 spiro atoms. The zero-order chi connectivity index (χ0) is 24.6. The Hall–Kier alpha value is -3.14. The van der Waals surface area contributed by atoms with Crippen LogP contribution in [0.5, 0.6) is 0 Å². The summed E-state index contributed by atoms with van der Waals surface area (Å²) in [7, 11) is 0. The maximum absolute atomic E-state index is 14.5. The molecule has 0 radical (unpaired) electrons. The molecule has 1 aromatic carbocycles. The van der Waals surface area contributed by atoms with Crippen LogP contribution in [-0.4, -0.2) is 49.8 Å². The number of hydrogen-bond acceptors (Lipinski definition) is 7. The Labute approximate surface area is 200 Å². The number of benzene rings is 1. The number of aromatic nitrogens is 2. The number of likely N-dealkylation sites (tertiary alicyclic amines) is 1. The molecular formula is C26H26FN3O5. The number of aliphatic hydroxyl groups excluding tert-OH is 1. The molecule has 2 atom stereocenters. The molecule has 182 valence electrons. The lowest BCUT2D eigenvalue weighted by atomic mass is 9.86. The first-order valence-corrected chi connectivity index (χ1v) is 11.9. The van der Waals surface area contributed by atoms with Gasteiger partial charge in [0.2, 0.25) is 0 Å². The number of carbonyl (C=O) groups is 1. The van der Waals surface area contributed by atoms with Crippen LogP contribution in [0.1, 0.15) is 47.6 Å². The monoisotopic (exact) mass is 479 g/mol. The molecule has 5 heterocycles. The minimum Gasteiger partial charge on any atom is -0.458 e. The number of aryl methyl sites for hydroxylation is 1. The second-order valence-corrected chi connectivity index (χ2v) is 9.82. The molecular weight excluding hydrogens is 453 g/mol. The van der Waals surface area contributed by atoms with Gasteiger partial charge in [-0.2, -0.15) is 0 Å². The van der Waals surface area contributed by atoms with Crippen LogP contribution < -0.4 is 5.56 Å². The smallest absolute Gasteiger partial charge is 0.343 e. The Bertz CT molecular complexity index is 1480. The van der Waals surface area contributed by atoms with Crippen molar-refractivity contribution in [1.82, 2.24) is 14.5 Å². The van der Waals surface area contributed by atoms with Gasteiger partial charge < -0.3 is 19.5 Å². The molecule has 3 aliphatic heterocycles. The topological polar surface area (TPSA) is 105 Å². The van der Waals surface area contributed by atoms with Crippen molar-refractivity contribution < 1.29 is 24.1 Å². The van der Waals surface area contributed by atoms with Gasteiger partial charge in [0, 0.05) is 42.2 Å². The van der Waals surface area contributed by atoms with Gasteiger partial charge in [-0.05, 0) is 43.0 Å². The molecule has 35 heavy (non-hydrogen) atoms. The predicted molar refractivity (Wildman–Crippen MR) is 125 cm³/mol. The van der Waals surface area contributed by atoms with Gasteiger partial charge in [-0.25, -0.2) is 14.2 Å². The largest absolute Gasteiger partial charge is 0.458 e. The second kappa shape index (κ2) is 7.68. The number of nitrogens with zero attached hydrogens (tertiary/aromatic N) is 3. The summed E-state index contributed by atoms with van der Waals surface area (Å²) in [5.41, 5.74) is 2.12. The first-order chi connectivity index (χ1) is 16.7. The first-order valence-electron chi connectivity index (χ1n) is 11.9. The maximum Gasteiger partial charge on any atom is 0.343 e. The summed E-state index contributed by atoms with van der Waals surface area (Å²) >= 11 is 0. The van der Waals surface area contributed by atoms with Crippen LogP contribution in [-0.2, 0) is 34.8 Å².